The predicted molar refractivity (Wildman–Crippen MR) is 186 cm³/mol. The number of rotatable bonds is 25. The van der Waals surface area contributed by atoms with Gasteiger partial charge in [0.05, 0.1) is 13.2 Å². The first-order valence-electron chi connectivity index (χ1n) is 17.7. The third-order valence-electron chi connectivity index (χ3n) is 8.70. The lowest BCUT2D eigenvalue weighted by Crippen LogP contribution is -2.42. The van der Waals surface area contributed by atoms with Crippen LogP contribution in [-0.2, 0) is 15.1 Å². The number of benzene rings is 3. The lowest BCUT2D eigenvalue weighted by Gasteiger charge is -2.38. The molecule has 0 heterocycles. The molecule has 1 N–H and O–H groups in total. The van der Waals surface area contributed by atoms with Crippen LogP contribution in [0.1, 0.15) is 133 Å². The van der Waals surface area contributed by atoms with E-state index in [1.807, 2.05) is 61.5 Å². The Bertz CT molecular complexity index is 984. The zero-order valence-corrected chi connectivity index (χ0v) is 27.9. The number of aliphatic hydroxyl groups is 1. The minimum Gasteiger partial charge on any atom is -0.385 e. The van der Waals surface area contributed by atoms with Crippen molar-refractivity contribution in [1.29, 1.82) is 0 Å². The zero-order valence-electron chi connectivity index (χ0n) is 27.9. The Labute approximate surface area is 269 Å². The van der Waals surface area contributed by atoms with Crippen LogP contribution in [-0.4, -0.2) is 30.5 Å². The van der Waals surface area contributed by atoms with Gasteiger partial charge in [0.2, 0.25) is 0 Å². The fraction of sp³-hybridized carbons (Fsp3) is 0.561. The maximum atomic E-state index is 11.3. The molecule has 0 aliphatic carbocycles. The molecule has 3 aromatic rings. The third-order valence-corrected chi connectivity index (χ3v) is 8.70. The quantitative estimate of drug-likeness (QED) is 0.0776. The molecule has 3 nitrogen and oxygen atoms in total. The van der Waals surface area contributed by atoms with E-state index in [1.54, 1.807) is 0 Å². The van der Waals surface area contributed by atoms with Crippen LogP contribution in [0.2, 0.25) is 0 Å². The van der Waals surface area contributed by atoms with Crippen LogP contribution in [0, 0.1) is 0 Å². The molecular formula is C41H60O3. The Hall–Kier alpha value is -2.46. The molecule has 0 aliphatic rings. The van der Waals surface area contributed by atoms with Crippen molar-refractivity contribution in [3.63, 3.8) is 0 Å². The van der Waals surface area contributed by atoms with Crippen LogP contribution >= 0.6 is 0 Å². The first kappa shape index (κ1) is 36.0. The highest BCUT2D eigenvalue weighted by Gasteiger charge is 2.39. The summed E-state index contributed by atoms with van der Waals surface area (Å²) in [6.45, 7) is 5.17. The maximum absolute atomic E-state index is 11.3. The fourth-order valence-electron chi connectivity index (χ4n) is 6.12. The van der Waals surface area contributed by atoms with Gasteiger partial charge in [0, 0.05) is 6.61 Å². The smallest absolute Gasteiger partial charge is 0.143 e. The van der Waals surface area contributed by atoms with E-state index >= 15 is 0 Å². The van der Waals surface area contributed by atoms with E-state index in [-0.39, 0.29) is 13.2 Å². The van der Waals surface area contributed by atoms with E-state index in [9.17, 15) is 5.11 Å². The Balaban J connectivity index is 1.34. The fourth-order valence-corrected chi connectivity index (χ4v) is 6.12. The number of hydrogen-bond acceptors (Lipinski definition) is 3. The van der Waals surface area contributed by atoms with Gasteiger partial charge in [0.25, 0.3) is 0 Å². The molecule has 3 rings (SSSR count). The summed E-state index contributed by atoms with van der Waals surface area (Å²) in [6.07, 6.45) is 21.7. The molecule has 44 heavy (non-hydrogen) atoms. The molecule has 3 aromatic carbocycles. The first-order valence-corrected chi connectivity index (χ1v) is 17.7. The minimum atomic E-state index is -1.11. The second kappa shape index (κ2) is 21.3. The second-order valence-electron chi connectivity index (χ2n) is 12.9. The van der Waals surface area contributed by atoms with Crippen LogP contribution in [0.25, 0.3) is 0 Å². The number of ether oxygens (including phenoxy) is 2. The van der Waals surface area contributed by atoms with Gasteiger partial charge >= 0.3 is 0 Å². The highest BCUT2D eigenvalue weighted by atomic mass is 16.5. The first-order chi connectivity index (χ1) is 21.6. The van der Waals surface area contributed by atoms with E-state index in [4.69, 9.17) is 9.47 Å². The molecule has 0 amide bonds. The SMILES string of the molecule is CCCCCCCCCCCCCCCCCCOCC(C)(O)COC(c1ccccc1)(c1ccccc1)c1ccccc1. The van der Waals surface area contributed by atoms with Crippen LogP contribution in [0.3, 0.4) is 0 Å². The summed E-state index contributed by atoms with van der Waals surface area (Å²) in [5.41, 5.74) is 1.13. The lowest BCUT2D eigenvalue weighted by molar-refractivity contribution is -0.115. The van der Waals surface area contributed by atoms with Gasteiger partial charge in [-0.15, -0.1) is 0 Å². The van der Waals surface area contributed by atoms with Gasteiger partial charge in [-0.05, 0) is 30.0 Å². The summed E-state index contributed by atoms with van der Waals surface area (Å²) in [6, 6.07) is 30.9. The standard InChI is InChI=1S/C41H60O3/c1-3-4-5-6-7-8-9-10-11-12-13-14-15-16-17-27-34-43-35-40(2,42)36-44-41(37-28-21-18-22-29-37,38-30-23-19-24-31-38)39-32-25-20-26-33-39/h18-26,28-33,42H,3-17,27,34-36H2,1-2H3. The summed E-state index contributed by atoms with van der Waals surface area (Å²) >= 11 is 0. The summed E-state index contributed by atoms with van der Waals surface area (Å²) in [5.74, 6) is 0. The van der Waals surface area contributed by atoms with Crippen LogP contribution in [0.5, 0.6) is 0 Å². The van der Waals surface area contributed by atoms with Crippen LogP contribution in [0.15, 0.2) is 91.0 Å². The van der Waals surface area contributed by atoms with E-state index in [1.165, 1.54) is 96.3 Å². The molecule has 1 unspecified atom stereocenters. The Morgan fingerprint density at radius 3 is 1.18 bits per heavy atom. The molecule has 0 bridgehead atoms. The average Bonchev–Trinajstić information content (AvgIpc) is 3.06. The van der Waals surface area contributed by atoms with Gasteiger partial charge in [-0.3, -0.25) is 0 Å². The van der Waals surface area contributed by atoms with E-state index < -0.39 is 11.2 Å². The molecule has 0 aliphatic heterocycles. The molecule has 3 heteroatoms. The van der Waals surface area contributed by atoms with E-state index in [2.05, 4.69) is 43.3 Å². The van der Waals surface area contributed by atoms with Crippen molar-refractivity contribution in [3.8, 4) is 0 Å². The van der Waals surface area contributed by atoms with Gasteiger partial charge in [0.1, 0.15) is 11.2 Å². The second-order valence-corrected chi connectivity index (χ2v) is 12.9. The highest BCUT2D eigenvalue weighted by molar-refractivity contribution is 5.47. The predicted octanol–water partition coefficient (Wildman–Crippen LogP) is 11.0. The monoisotopic (exact) mass is 600 g/mol. The summed E-state index contributed by atoms with van der Waals surface area (Å²) < 4.78 is 12.8. The molecule has 242 valence electrons. The Morgan fingerprint density at radius 2 is 0.818 bits per heavy atom. The molecular weight excluding hydrogens is 540 g/mol. The minimum absolute atomic E-state index is 0.143. The van der Waals surface area contributed by atoms with Crippen LogP contribution in [0.4, 0.5) is 0 Å². The average molecular weight is 601 g/mol. The van der Waals surface area contributed by atoms with Crippen molar-refractivity contribution < 1.29 is 14.6 Å². The normalized spacial score (nSPS) is 13.2. The van der Waals surface area contributed by atoms with Crippen molar-refractivity contribution in [1.82, 2.24) is 0 Å². The number of hydrogen-bond donors (Lipinski definition) is 1. The summed E-state index contributed by atoms with van der Waals surface area (Å²) in [4.78, 5) is 0. The largest absolute Gasteiger partial charge is 0.385 e. The molecule has 0 radical (unpaired) electrons. The van der Waals surface area contributed by atoms with E-state index in [0.717, 1.165) is 23.1 Å². The number of unbranched alkanes of at least 4 members (excludes halogenated alkanes) is 15. The molecule has 0 saturated heterocycles. The molecule has 0 fully saturated rings. The Kier molecular flexibility index (Phi) is 17.4. The Morgan fingerprint density at radius 1 is 0.477 bits per heavy atom. The lowest BCUT2D eigenvalue weighted by atomic mass is 9.80. The van der Waals surface area contributed by atoms with Gasteiger partial charge < -0.3 is 14.6 Å². The topological polar surface area (TPSA) is 38.7 Å². The summed E-state index contributed by atoms with van der Waals surface area (Å²) in [7, 11) is 0. The van der Waals surface area contributed by atoms with Crippen molar-refractivity contribution >= 4 is 0 Å². The maximum Gasteiger partial charge on any atom is 0.143 e. The molecule has 0 spiro atoms. The van der Waals surface area contributed by atoms with Crippen molar-refractivity contribution in [2.24, 2.45) is 0 Å². The molecule has 0 aromatic heterocycles. The highest BCUT2D eigenvalue weighted by Crippen LogP contribution is 2.41. The van der Waals surface area contributed by atoms with Crippen molar-refractivity contribution in [3.05, 3.63) is 108 Å². The molecule has 0 saturated carbocycles. The third kappa shape index (κ3) is 12.9. The molecule has 1 atom stereocenters. The zero-order chi connectivity index (χ0) is 31.2. The van der Waals surface area contributed by atoms with Gasteiger partial charge in [-0.1, -0.05) is 194 Å². The van der Waals surface area contributed by atoms with E-state index in [0.29, 0.717) is 6.61 Å². The van der Waals surface area contributed by atoms with Gasteiger partial charge in [0.15, 0.2) is 0 Å². The van der Waals surface area contributed by atoms with Gasteiger partial charge in [-0.2, -0.15) is 0 Å². The van der Waals surface area contributed by atoms with Gasteiger partial charge in [-0.25, -0.2) is 0 Å². The summed E-state index contributed by atoms with van der Waals surface area (Å²) in [5, 5.41) is 11.3. The van der Waals surface area contributed by atoms with Crippen LogP contribution < -0.4 is 0 Å². The van der Waals surface area contributed by atoms with Crippen molar-refractivity contribution in [2.75, 3.05) is 19.8 Å². The van der Waals surface area contributed by atoms with Crippen molar-refractivity contribution in [2.45, 2.75) is 128 Å².